The number of fused-ring (bicyclic) bond motifs is 1. The van der Waals surface area contributed by atoms with E-state index in [0.29, 0.717) is 23.7 Å². The van der Waals surface area contributed by atoms with E-state index in [1.807, 2.05) is 18.2 Å². The molecule has 0 saturated carbocycles. The fourth-order valence-electron chi connectivity index (χ4n) is 2.13. The van der Waals surface area contributed by atoms with Crippen molar-refractivity contribution in [3.05, 3.63) is 48.0 Å². The van der Waals surface area contributed by atoms with Crippen LogP contribution >= 0.6 is 0 Å². The number of benzene rings is 2. The second-order valence-corrected chi connectivity index (χ2v) is 4.38. The molecule has 0 aromatic heterocycles. The predicted molar refractivity (Wildman–Crippen MR) is 73.0 cm³/mol. The first kappa shape index (κ1) is 13.5. The summed E-state index contributed by atoms with van der Waals surface area (Å²) in [7, 11) is 0. The Morgan fingerprint density at radius 1 is 1.10 bits per heavy atom. The van der Waals surface area contributed by atoms with Crippen LogP contribution in [0, 0.1) is 0 Å². The summed E-state index contributed by atoms with van der Waals surface area (Å²) in [6.07, 6.45) is 0. The maximum absolute atomic E-state index is 12.4. The highest BCUT2D eigenvalue weighted by molar-refractivity contribution is 5.57. The molecule has 0 aliphatic carbocycles. The molecular formula is C15H13F2NO3. The van der Waals surface area contributed by atoms with E-state index in [2.05, 4.69) is 10.1 Å². The van der Waals surface area contributed by atoms with E-state index in [9.17, 15) is 8.78 Å². The lowest BCUT2D eigenvalue weighted by molar-refractivity contribution is -0.0493. The van der Waals surface area contributed by atoms with Crippen molar-refractivity contribution in [3.8, 4) is 17.2 Å². The lowest BCUT2D eigenvalue weighted by atomic mass is 10.2. The Kier molecular flexibility index (Phi) is 3.77. The lowest BCUT2D eigenvalue weighted by Gasteiger charge is -2.13. The predicted octanol–water partition coefficient (Wildman–Crippen LogP) is 3.63. The van der Waals surface area contributed by atoms with Crippen molar-refractivity contribution in [2.75, 3.05) is 12.1 Å². The van der Waals surface area contributed by atoms with Crippen LogP contribution in [0.3, 0.4) is 0 Å². The number of rotatable bonds is 5. The fourth-order valence-corrected chi connectivity index (χ4v) is 2.13. The van der Waals surface area contributed by atoms with Crippen molar-refractivity contribution in [1.82, 2.24) is 0 Å². The molecule has 0 saturated heterocycles. The molecule has 1 N–H and O–H groups in total. The Labute approximate surface area is 120 Å². The van der Waals surface area contributed by atoms with Crippen molar-refractivity contribution >= 4 is 5.69 Å². The van der Waals surface area contributed by atoms with Gasteiger partial charge in [0.05, 0.1) is 5.69 Å². The first-order valence-corrected chi connectivity index (χ1v) is 6.39. The molecule has 4 nitrogen and oxygen atoms in total. The molecule has 3 rings (SSSR count). The van der Waals surface area contributed by atoms with Gasteiger partial charge >= 0.3 is 6.61 Å². The van der Waals surface area contributed by atoms with Gasteiger partial charge in [0.25, 0.3) is 0 Å². The lowest BCUT2D eigenvalue weighted by Crippen LogP contribution is -2.07. The Balaban J connectivity index is 1.75. The van der Waals surface area contributed by atoms with Gasteiger partial charge in [-0.1, -0.05) is 24.3 Å². The number of anilines is 1. The summed E-state index contributed by atoms with van der Waals surface area (Å²) >= 11 is 0. The van der Waals surface area contributed by atoms with Crippen molar-refractivity contribution < 1.29 is 23.0 Å². The number of hydrogen-bond donors (Lipinski definition) is 1. The van der Waals surface area contributed by atoms with E-state index in [1.54, 1.807) is 18.2 Å². The molecule has 110 valence electrons. The molecule has 0 amide bonds. The van der Waals surface area contributed by atoms with Crippen molar-refractivity contribution in [2.45, 2.75) is 13.2 Å². The van der Waals surface area contributed by atoms with Crippen LogP contribution in [0.2, 0.25) is 0 Å². The summed E-state index contributed by atoms with van der Waals surface area (Å²) in [5, 5.41) is 3.07. The van der Waals surface area contributed by atoms with E-state index >= 15 is 0 Å². The smallest absolute Gasteiger partial charge is 0.387 e. The monoisotopic (exact) mass is 293 g/mol. The Morgan fingerprint density at radius 2 is 1.95 bits per heavy atom. The molecule has 1 aliphatic rings. The van der Waals surface area contributed by atoms with Crippen molar-refractivity contribution in [3.63, 3.8) is 0 Å². The zero-order chi connectivity index (χ0) is 14.7. The summed E-state index contributed by atoms with van der Waals surface area (Å²) < 4.78 is 39.9. The van der Waals surface area contributed by atoms with Gasteiger partial charge in [0.1, 0.15) is 5.75 Å². The Morgan fingerprint density at radius 3 is 2.81 bits per heavy atom. The van der Waals surface area contributed by atoms with Crippen molar-refractivity contribution in [1.29, 1.82) is 0 Å². The minimum Gasteiger partial charge on any atom is -0.454 e. The van der Waals surface area contributed by atoms with Crippen LogP contribution in [-0.2, 0) is 6.54 Å². The topological polar surface area (TPSA) is 39.7 Å². The average molecular weight is 293 g/mol. The van der Waals surface area contributed by atoms with Gasteiger partial charge in [-0.05, 0) is 18.2 Å². The normalized spacial score (nSPS) is 12.5. The van der Waals surface area contributed by atoms with Gasteiger partial charge in [0.15, 0.2) is 11.5 Å². The number of alkyl halides is 2. The summed E-state index contributed by atoms with van der Waals surface area (Å²) in [6.45, 7) is -2.25. The van der Waals surface area contributed by atoms with Crippen LogP contribution in [0.5, 0.6) is 17.2 Å². The maximum atomic E-state index is 12.4. The van der Waals surface area contributed by atoms with Gasteiger partial charge < -0.3 is 19.5 Å². The summed E-state index contributed by atoms with van der Waals surface area (Å²) in [5.74, 6) is 1.47. The standard InChI is InChI=1S/C15H13F2NO3/c16-15(17)21-12-6-2-1-5-11(12)18-8-10-4-3-7-13-14(10)20-9-19-13/h1-7,15,18H,8-9H2. The van der Waals surface area contributed by atoms with E-state index in [4.69, 9.17) is 9.47 Å². The Bertz CT molecular complexity index is 634. The van der Waals surface area contributed by atoms with E-state index in [1.165, 1.54) is 6.07 Å². The molecule has 21 heavy (non-hydrogen) atoms. The minimum absolute atomic E-state index is 0.109. The third kappa shape index (κ3) is 2.99. The van der Waals surface area contributed by atoms with Crippen LogP contribution in [0.1, 0.15) is 5.56 Å². The molecule has 0 atom stereocenters. The van der Waals surface area contributed by atoms with Crippen LogP contribution in [0.25, 0.3) is 0 Å². The molecule has 0 bridgehead atoms. The summed E-state index contributed by atoms with van der Waals surface area (Å²) in [6, 6.07) is 12.1. The van der Waals surface area contributed by atoms with E-state index in [0.717, 1.165) is 5.56 Å². The van der Waals surface area contributed by atoms with Gasteiger partial charge in [0, 0.05) is 12.1 Å². The zero-order valence-corrected chi connectivity index (χ0v) is 11.0. The first-order valence-electron chi connectivity index (χ1n) is 6.39. The molecule has 2 aromatic carbocycles. The number of halogens is 2. The molecule has 6 heteroatoms. The number of hydrogen-bond acceptors (Lipinski definition) is 4. The summed E-state index contributed by atoms with van der Waals surface area (Å²) in [5.41, 5.74) is 1.38. The molecule has 0 radical (unpaired) electrons. The highest BCUT2D eigenvalue weighted by Crippen LogP contribution is 2.36. The molecule has 0 fully saturated rings. The number of ether oxygens (including phenoxy) is 3. The first-order chi connectivity index (χ1) is 10.2. The van der Waals surface area contributed by atoms with Crippen molar-refractivity contribution in [2.24, 2.45) is 0 Å². The van der Waals surface area contributed by atoms with Crippen LogP contribution in [-0.4, -0.2) is 13.4 Å². The van der Waals surface area contributed by atoms with Gasteiger partial charge in [-0.3, -0.25) is 0 Å². The molecule has 2 aromatic rings. The average Bonchev–Trinajstić information content (AvgIpc) is 2.95. The molecule has 0 spiro atoms. The van der Waals surface area contributed by atoms with Crippen LogP contribution in [0.4, 0.5) is 14.5 Å². The second-order valence-electron chi connectivity index (χ2n) is 4.38. The van der Waals surface area contributed by atoms with Crippen LogP contribution < -0.4 is 19.5 Å². The zero-order valence-electron chi connectivity index (χ0n) is 11.0. The van der Waals surface area contributed by atoms with Gasteiger partial charge in [0.2, 0.25) is 6.79 Å². The van der Waals surface area contributed by atoms with E-state index in [-0.39, 0.29) is 12.5 Å². The molecule has 0 unspecified atom stereocenters. The molecule has 1 heterocycles. The van der Waals surface area contributed by atoms with Gasteiger partial charge in [-0.2, -0.15) is 8.78 Å². The minimum atomic E-state index is -2.86. The van der Waals surface area contributed by atoms with E-state index < -0.39 is 6.61 Å². The maximum Gasteiger partial charge on any atom is 0.387 e. The van der Waals surface area contributed by atoms with Gasteiger partial charge in [-0.15, -0.1) is 0 Å². The number of nitrogens with one attached hydrogen (secondary N) is 1. The fraction of sp³-hybridized carbons (Fsp3) is 0.200. The highest BCUT2D eigenvalue weighted by Gasteiger charge is 2.17. The summed E-state index contributed by atoms with van der Waals surface area (Å²) in [4.78, 5) is 0. The third-order valence-electron chi connectivity index (χ3n) is 3.05. The quantitative estimate of drug-likeness (QED) is 0.914. The molecular weight excluding hydrogens is 280 g/mol. The van der Waals surface area contributed by atoms with Crippen LogP contribution in [0.15, 0.2) is 42.5 Å². The molecule has 1 aliphatic heterocycles. The largest absolute Gasteiger partial charge is 0.454 e. The highest BCUT2D eigenvalue weighted by atomic mass is 19.3. The SMILES string of the molecule is FC(F)Oc1ccccc1NCc1cccc2c1OCO2. The number of para-hydroxylation sites is 3. The Hall–Kier alpha value is -2.50. The third-order valence-corrected chi connectivity index (χ3v) is 3.05. The van der Waals surface area contributed by atoms with Gasteiger partial charge in [-0.25, -0.2) is 0 Å². The second kappa shape index (κ2) is 5.87.